The van der Waals surface area contributed by atoms with E-state index < -0.39 is 5.97 Å². The number of benzene rings is 2. The van der Waals surface area contributed by atoms with Crippen molar-refractivity contribution in [1.82, 2.24) is 14.5 Å². The molecule has 0 fully saturated rings. The van der Waals surface area contributed by atoms with E-state index in [1.165, 1.54) is 18.2 Å². The molecule has 0 aliphatic carbocycles. The molecule has 4 aromatic rings. The maximum absolute atomic E-state index is 11.9. The number of aromatic nitrogens is 3. The molecule has 152 valence electrons. The Morgan fingerprint density at radius 2 is 1.77 bits per heavy atom. The van der Waals surface area contributed by atoms with Crippen molar-refractivity contribution in [2.45, 2.75) is 26.3 Å². The van der Waals surface area contributed by atoms with Crippen molar-refractivity contribution in [3.63, 3.8) is 0 Å². The molecule has 0 aliphatic heterocycles. The molecule has 0 bridgehead atoms. The average molecular weight is 420 g/mol. The first-order valence-electron chi connectivity index (χ1n) is 9.78. The molecule has 0 amide bonds. The third-order valence-corrected chi connectivity index (χ3v) is 5.52. The van der Waals surface area contributed by atoms with Crippen LogP contribution >= 0.6 is 11.6 Å². The van der Waals surface area contributed by atoms with Crippen molar-refractivity contribution in [3.05, 3.63) is 93.9 Å². The fraction of sp³-hybridized carbons (Fsp3) is 0.208. The Labute approximate surface area is 180 Å². The van der Waals surface area contributed by atoms with Crippen molar-refractivity contribution >= 4 is 28.7 Å². The number of hydrogen-bond donors (Lipinski definition) is 0. The molecule has 0 saturated heterocycles. The molecule has 2 aromatic heterocycles. The molecule has 2 aromatic carbocycles. The van der Waals surface area contributed by atoms with Crippen LogP contribution in [0.15, 0.2) is 60.7 Å². The quantitative estimate of drug-likeness (QED) is 0.412. The number of rotatable bonds is 6. The number of aryl methyl sites for hydroxylation is 3. The molecule has 4 rings (SSSR count). The van der Waals surface area contributed by atoms with Crippen molar-refractivity contribution in [3.8, 4) is 0 Å². The molecule has 30 heavy (non-hydrogen) atoms. The number of hydrogen-bond acceptors (Lipinski definition) is 4. The van der Waals surface area contributed by atoms with Gasteiger partial charge >= 0.3 is 5.97 Å². The van der Waals surface area contributed by atoms with Gasteiger partial charge in [-0.2, -0.15) is 0 Å². The molecule has 6 heteroatoms. The molecule has 0 radical (unpaired) electrons. The van der Waals surface area contributed by atoms with E-state index in [0.29, 0.717) is 17.2 Å². The molecule has 0 unspecified atom stereocenters. The Bertz CT molecular complexity index is 1200. The van der Waals surface area contributed by atoms with Gasteiger partial charge in [0.05, 0.1) is 13.7 Å². The summed E-state index contributed by atoms with van der Waals surface area (Å²) in [6.45, 7) is 2.44. The van der Waals surface area contributed by atoms with Gasteiger partial charge in [0, 0.05) is 5.02 Å². The highest BCUT2D eigenvalue weighted by atomic mass is 35.5. The maximum Gasteiger partial charge on any atom is 0.356 e. The smallest absolute Gasteiger partial charge is 0.356 e. The fourth-order valence-electron chi connectivity index (χ4n) is 3.50. The van der Waals surface area contributed by atoms with Crippen LogP contribution in [0.2, 0.25) is 5.02 Å². The van der Waals surface area contributed by atoms with Crippen LogP contribution in [0, 0.1) is 6.92 Å². The van der Waals surface area contributed by atoms with Crippen molar-refractivity contribution in [1.29, 1.82) is 0 Å². The highest BCUT2D eigenvalue weighted by Crippen LogP contribution is 2.23. The van der Waals surface area contributed by atoms with Crippen LogP contribution < -0.4 is 0 Å². The van der Waals surface area contributed by atoms with Gasteiger partial charge in [0.2, 0.25) is 0 Å². The molecule has 0 aliphatic rings. The zero-order valence-corrected chi connectivity index (χ0v) is 17.7. The molecule has 0 saturated carbocycles. The molecule has 2 heterocycles. The summed E-state index contributed by atoms with van der Waals surface area (Å²) < 4.78 is 6.75. The Morgan fingerprint density at radius 1 is 1.00 bits per heavy atom. The monoisotopic (exact) mass is 419 g/mol. The van der Waals surface area contributed by atoms with Crippen LogP contribution in [0.4, 0.5) is 0 Å². The zero-order valence-electron chi connectivity index (χ0n) is 16.9. The third-order valence-electron chi connectivity index (χ3n) is 5.17. The highest BCUT2D eigenvalue weighted by Gasteiger charge is 2.15. The van der Waals surface area contributed by atoms with Gasteiger partial charge in [-0.15, -0.1) is 0 Å². The molecule has 0 N–H and O–H groups in total. The second-order valence-electron chi connectivity index (χ2n) is 7.19. The minimum absolute atomic E-state index is 0.258. The summed E-state index contributed by atoms with van der Waals surface area (Å²) in [4.78, 5) is 20.9. The maximum atomic E-state index is 11.9. The predicted molar refractivity (Wildman–Crippen MR) is 118 cm³/mol. The predicted octanol–water partition coefficient (Wildman–Crippen LogP) is 5.01. The summed E-state index contributed by atoms with van der Waals surface area (Å²) in [5.74, 6) is 0.340. The number of nitrogens with zero attached hydrogens (tertiary/aromatic N) is 3. The van der Waals surface area contributed by atoms with Crippen molar-refractivity contribution in [2.24, 2.45) is 0 Å². The van der Waals surface area contributed by atoms with Gasteiger partial charge in [-0.3, -0.25) is 0 Å². The lowest BCUT2D eigenvalue weighted by atomic mass is 10.0. The first-order valence-corrected chi connectivity index (χ1v) is 10.2. The lowest BCUT2D eigenvalue weighted by Gasteiger charge is -2.11. The van der Waals surface area contributed by atoms with E-state index >= 15 is 0 Å². The third kappa shape index (κ3) is 4.21. The van der Waals surface area contributed by atoms with E-state index in [9.17, 15) is 4.79 Å². The van der Waals surface area contributed by atoms with Crippen LogP contribution in [-0.4, -0.2) is 27.6 Å². The first-order chi connectivity index (χ1) is 14.5. The highest BCUT2D eigenvalue weighted by molar-refractivity contribution is 6.31. The topological polar surface area (TPSA) is 57.0 Å². The zero-order chi connectivity index (χ0) is 21.1. The lowest BCUT2D eigenvalue weighted by Crippen LogP contribution is -2.07. The number of halogens is 1. The minimum Gasteiger partial charge on any atom is -0.464 e. The van der Waals surface area contributed by atoms with Gasteiger partial charge in [-0.05, 0) is 54.7 Å². The minimum atomic E-state index is -0.469. The number of esters is 1. The van der Waals surface area contributed by atoms with Crippen molar-refractivity contribution in [2.75, 3.05) is 7.11 Å². The lowest BCUT2D eigenvalue weighted by molar-refractivity contribution is 0.0594. The summed E-state index contributed by atoms with van der Waals surface area (Å²) in [7, 11) is 1.34. The number of carbonyl (C=O) groups excluding carboxylic acids is 1. The summed E-state index contributed by atoms with van der Waals surface area (Å²) in [6, 6.07) is 20.0. The molecule has 0 spiro atoms. The van der Waals surface area contributed by atoms with Crippen LogP contribution in [0.1, 0.15) is 33.0 Å². The van der Waals surface area contributed by atoms with Gasteiger partial charge in [0.1, 0.15) is 11.3 Å². The number of methoxy groups -OCH3 is 1. The van der Waals surface area contributed by atoms with E-state index in [1.54, 1.807) is 12.1 Å². The number of fused-ring (bicyclic) bond motifs is 1. The Balaban J connectivity index is 1.57. The number of ether oxygens (including phenoxy) is 1. The Kier molecular flexibility index (Phi) is 5.81. The van der Waals surface area contributed by atoms with Crippen LogP contribution in [-0.2, 0) is 24.1 Å². The molecule has 5 nitrogen and oxygen atoms in total. The summed E-state index contributed by atoms with van der Waals surface area (Å²) >= 11 is 6.61. The van der Waals surface area contributed by atoms with Gasteiger partial charge in [-0.1, -0.05) is 54.1 Å². The summed E-state index contributed by atoms with van der Waals surface area (Å²) in [5.41, 5.74) is 5.12. The average Bonchev–Trinajstić information content (AvgIpc) is 3.08. The van der Waals surface area contributed by atoms with Gasteiger partial charge in [-0.25, -0.2) is 14.8 Å². The summed E-state index contributed by atoms with van der Waals surface area (Å²) in [6.07, 6.45) is 1.91. The number of pyridine rings is 1. The normalized spacial score (nSPS) is 11.0. The van der Waals surface area contributed by atoms with Gasteiger partial charge in [0.25, 0.3) is 0 Å². The molecular formula is C24H22ClN3O2. The Morgan fingerprint density at radius 3 is 2.50 bits per heavy atom. The van der Waals surface area contributed by atoms with Crippen molar-refractivity contribution < 1.29 is 9.53 Å². The van der Waals surface area contributed by atoms with E-state index in [0.717, 1.165) is 29.7 Å². The first kappa shape index (κ1) is 20.1. The SMILES string of the molecule is COC(=O)c1ccc2nc(C)n(Cc3ccc(CCc4ccccc4)cc3Cl)c2n1. The number of imidazole rings is 1. The Hall–Kier alpha value is -3.18. The van der Waals surface area contributed by atoms with Crippen LogP contribution in [0.5, 0.6) is 0 Å². The summed E-state index contributed by atoms with van der Waals surface area (Å²) in [5, 5.41) is 0.714. The van der Waals surface area contributed by atoms with E-state index in [4.69, 9.17) is 16.3 Å². The van der Waals surface area contributed by atoms with E-state index in [1.807, 2.05) is 23.6 Å². The largest absolute Gasteiger partial charge is 0.464 e. The van der Waals surface area contributed by atoms with Gasteiger partial charge < -0.3 is 9.30 Å². The second-order valence-corrected chi connectivity index (χ2v) is 7.59. The molecular weight excluding hydrogens is 398 g/mol. The van der Waals surface area contributed by atoms with Crippen LogP contribution in [0.25, 0.3) is 11.2 Å². The van der Waals surface area contributed by atoms with Gasteiger partial charge in [0.15, 0.2) is 11.3 Å². The van der Waals surface area contributed by atoms with Crippen LogP contribution in [0.3, 0.4) is 0 Å². The second kappa shape index (κ2) is 8.67. The van der Waals surface area contributed by atoms with E-state index in [2.05, 4.69) is 46.4 Å². The fourth-order valence-corrected chi connectivity index (χ4v) is 3.76. The molecule has 0 atom stereocenters. The van der Waals surface area contributed by atoms with E-state index in [-0.39, 0.29) is 5.69 Å². The number of carbonyl (C=O) groups is 1. The standard InChI is InChI=1S/C24H22ClN3O2/c1-16-26-21-12-13-22(24(29)30-2)27-23(21)28(16)15-19-11-10-18(14-20(19)25)9-8-17-6-4-3-5-7-17/h3-7,10-14H,8-9,15H2,1-2H3.